The van der Waals surface area contributed by atoms with Crippen molar-refractivity contribution in [1.82, 2.24) is 0 Å². The van der Waals surface area contributed by atoms with E-state index < -0.39 is 50.0 Å². The second kappa shape index (κ2) is 14.5. The zero-order valence-electron chi connectivity index (χ0n) is 30.2. The summed E-state index contributed by atoms with van der Waals surface area (Å²) < 4.78 is 100. The molecule has 6 aliphatic rings. The average molecular weight is 735 g/mol. The van der Waals surface area contributed by atoms with Crippen LogP contribution in [0.3, 0.4) is 0 Å². The van der Waals surface area contributed by atoms with E-state index in [4.69, 9.17) is 22.6 Å². The molecule has 2 aliphatic heterocycles. The number of ether oxygens (including phenoxy) is 3. The molecule has 2 heterocycles. The van der Waals surface area contributed by atoms with E-state index in [0.29, 0.717) is 24.2 Å². The van der Waals surface area contributed by atoms with E-state index in [-0.39, 0.29) is 107 Å². The molecule has 0 aromatic carbocycles. The van der Waals surface area contributed by atoms with E-state index in [9.17, 15) is 25.9 Å². The molecule has 0 N–H and O–H groups in total. The molecule has 0 amide bonds. The average Bonchev–Trinajstić information content (AvgIpc) is 3.33. The van der Waals surface area contributed by atoms with Crippen molar-refractivity contribution in [2.24, 2.45) is 46.3 Å². The molecule has 6 rings (SSSR count). The van der Waals surface area contributed by atoms with E-state index in [1.54, 1.807) is 0 Å². The molecule has 13 atom stereocenters. The molecular formula is C33H52Na2O11S2. The Bertz CT molecular complexity index is 1440. The van der Waals surface area contributed by atoms with E-state index >= 15 is 0 Å². The topological polar surface area (TPSA) is 161 Å². The Hall–Kier alpha value is 1.36. The van der Waals surface area contributed by atoms with Crippen molar-refractivity contribution in [3.63, 3.8) is 0 Å². The molecule has 0 spiro atoms. The summed E-state index contributed by atoms with van der Waals surface area (Å²) in [5, 5.41) is 0. The monoisotopic (exact) mass is 734 g/mol. The first-order chi connectivity index (χ1) is 21.3. The van der Waals surface area contributed by atoms with Gasteiger partial charge in [-0.15, -0.1) is 0 Å². The molecule has 0 radical (unpaired) electrons. The van der Waals surface area contributed by atoms with E-state index in [2.05, 4.69) is 54.5 Å². The summed E-state index contributed by atoms with van der Waals surface area (Å²) in [4.78, 5) is 0. The number of rotatable bonds is 9. The summed E-state index contributed by atoms with van der Waals surface area (Å²) in [6.45, 7) is 15.4. The van der Waals surface area contributed by atoms with E-state index in [0.717, 1.165) is 44.9 Å². The van der Waals surface area contributed by atoms with Gasteiger partial charge in [-0.3, -0.25) is 8.37 Å². The summed E-state index contributed by atoms with van der Waals surface area (Å²) in [6.07, 6.45) is 6.42. The predicted molar refractivity (Wildman–Crippen MR) is 165 cm³/mol. The second-order valence-electron chi connectivity index (χ2n) is 16.1. The van der Waals surface area contributed by atoms with Gasteiger partial charge in [0.15, 0.2) is 0 Å². The number of fused-ring (bicyclic) bond motifs is 10. The van der Waals surface area contributed by atoms with Gasteiger partial charge >= 0.3 is 59.1 Å². The van der Waals surface area contributed by atoms with Crippen LogP contribution in [0.5, 0.6) is 0 Å². The van der Waals surface area contributed by atoms with Crippen molar-refractivity contribution in [2.75, 3.05) is 0 Å². The molecule has 2 bridgehead atoms. The summed E-state index contributed by atoms with van der Waals surface area (Å²) >= 11 is 0. The maximum absolute atomic E-state index is 11.7. The Kier molecular flexibility index (Phi) is 12.8. The minimum Gasteiger partial charge on any atom is -0.726 e. The van der Waals surface area contributed by atoms with Crippen molar-refractivity contribution < 1.29 is 108 Å². The molecule has 264 valence electrons. The van der Waals surface area contributed by atoms with Gasteiger partial charge in [-0.2, -0.15) is 0 Å². The van der Waals surface area contributed by atoms with Gasteiger partial charge in [0.25, 0.3) is 5.97 Å². The standard InChI is InChI=1S/C33H54O11S2.2Na/c1-8-13-33-40-26-17-24-22-11-10-21-16-25(42-45(34,35)36)27(43-46(37,38)39)18-31(21,6)23(22)12-14-30(24,5)29(26)32(7,44-33)28(41-33)15-20(9-2)19(3)4;;/h9,19,21-29H,8,10-18H2,1-7H3,(H,34,35,36)(H,37,38,39);;/q;2*+1/p-2/b20-9-;;/t21-,22?,23?,24-,25-,26-,27-,28?,29?,30-,31-,32-,33?;;/m0../s1. The third-order valence-electron chi connectivity index (χ3n) is 13.5. The first-order valence-corrected chi connectivity index (χ1v) is 19.9. The number of hydrogen-bond donors (Lipinski definition) is 0. The fourth-order valence-corrected chi connectivity index (χ4v) is 12.8. The molecule has 11 nitrogen and oxygen atoms in total. The number of hydrogen-bond acceptors (Lipinski definition) is 11. The van der Waals surface area contributed by atoms with Gasteiger partial charge in [0.05, 0.1) is 12.2 Å². The normalized spacial score (nSPS) is 46.9. The van der Waals surface area contributed by atoms with Gasteiger partial charge in [0.2, 0.25) is 20.8 Å². The summed E-state index contributed by atoms with van der Waals surface area (Å²) in [6, 6.07) is 0. The van der Waals surface area contributed by atoms with Crippen LogP contribution in [0, 0.1) is 46.3 Å². The first kappa shape index (κ1) is 42.1. The van der Waals surface area contributed by atoms with E-state index in [1.807, 2.05) is 0 Å². The third kappa shape index (κ3) is 7.39. The van der Waals surface area contributed by atoms with Crippen LogP contribution in [0.1, 0.15) is 113 Å². The van der Waals surface area contributed by atoms with Crippen molar-refractivity contribution >= 4 is 20.8 Å². The van der Waals surface area contributed by atoms with Crippen LogP contribution in [0.2, 0.25) is 0 Å². The fraction of sp³-hybridized carbons (Fsp3) is 0.939. The Morgan fingerprint density at radius 1 is 0.917 bits per heavy atom. The fourth-order valence-electron chi connectivity index (χ4n) is 11.8. The molecule has 2 saturated heterocycles. The molecule has 0 aromatic heterocycles. The van der Waals surface area contributed by atoms with Gasteiger partial charge in [-0.1, -0.05) is 46.3 Å². The smallest absolute Gasteiger partial charge is 0.726 e. The molecule has 6 fully saturated rings. The Morgan fingerprint density at radius 2 is 1.56 bits per heavy atom. The van der Waals surface area contributed by atoms with Crippen LogP contribution in [0.15, 0.2) is 11.6 Å². The molecule has 4 saturated carbocycles. The minimum absolute atomic E-state index is 0. The molecular weight excluding hydrogens is 682 g/mol. The third-order valence-corrected chi connectivity index (χ3v) is 14.5. The molecule has 5 unspecified atom stereocenters. The maximum Gasteiger partial charge on any atom is 1.00 e. The van der Waals surface area contributed by atoms with Gasteiger partial charge in [-0.05, 0) is 112 Å². The summed E-state index contributed by atoms with van der Waals surface area (Å²) in [5.74, 6) is 0.338. The number of allylic oxidation sites excluding steroid dienone is 1. The Morgan fingerprint density at radius 3 is 2.15 bits per heavy atom. The van der Waals surface area contributed by atoms with Gasteiger partial charge < -0.3 is 23.3 Å². The molecule has 0 aromatic rings. The molecule has 15 heteroatoms. The van der Waals surface area contributed by atoms with Gasteiger partial charge in [0, 0.05) is 12.3 Å². The summed E-state index contributed by atoms with van der Waals surface area (Å²) in [5.41, 5.74) is 0.321. The van der Waals surface area contributed by atoms with Crippen LogP contribution in [0.25, 0.3) is 0 Å². The van der Waals surface area contributed by atoms with Crippen LogP contribution in [-0.2, 0) is 43.4 Å². The van der Waals surface area contributed by atoms with Crippen LogP contribution < -0.4 is 59.1 Å². The SMILES string of the molecule is C/C=C(/CC1OC2(CCC)O[C@H]3C[C@H]4C5CC[C@H]6C[C@H](OS(=O)(=O)[O-])[C@@H](OS(=O)(=O)[O-])C[C@]6(C)C5CC[C@]4(C)C3[C@@]1(C)O2)C(C)C.[Na+].[Na+]. The maximum atomic E-state index is 11.7. The van der Waals surface area contributed by atoms with Gasteiger partial charge in [-0.25, -0.2) is 16.8 Å². The quantitative estimate of drug-likeness (QED) is 0.131. The molecule has 48 heavy (non-hydrogen) atoms. The van der Waals surface area contributed by atoms with Crippen molar-refractivity contribution in [3.05, 3.63) is 11.6 Å². The van der Waals surface area contributed by atoms with Crippen molar-refractivity contribution in [3.8, 4) is 0 Å². The van der Waals surface area contributed by atoms with Gasteiger partial charge in [0.1, 0.15) is 17.8 Å². The Labute approximate surface area is 332 Å². The first-order valence-electron chi connectivity index (χ1n) is 17.3. The minimum atomic E-state index is -5.16. The second-order valence-corrected chi connectivity index (χ2v) is 18.2. The largest absolute Gasteiger partial charge is 1.00 e. The van der Waals surface area contributed by atoms with Crippen LogP contribution in [-0.4, -0.2) is 61.9 Å². The Balaban J connectivity index is 0.00000260. The predicted octanol–water partition coefficient (Wildman–Crippen LogP) is -0.417. The summed E-state index contributed by atoms with van der Waals surface area (Å²) in [7, 11) is -10.3. The zero-order valence-corrected chi connectivity index (χ0v) is 35.9. The van der Waals surface area contributed by atoms with Crippen LogP contribution >= 0.6 is 0 Å². The van der Waals surface area contributed by atoms with E-state index in [1.165, 1.54) is 5.57 Å². The molecule has 4 aliphatic carbocycles. The van der Waals surface area contributed by atoms with Crippen molar-refractivity contribution in [2.45, 2.75) is 149 Å². The zero-order chi connectivity index (χ0) is 33.7. The van der Waals surface area contributed by atoms with Crippen LogP contribution in [0.4, 0.5) is 0 Å². The van der Waals surface area contributed by atoms with Crippen molar-refractivity contribution in [1.29, 1.82) is 0 Å².